The number of Topliss-reactive ketones (excluding diaryl/α,β-unsaturated/α-hetero) is 1. The van der Waals surface area contributed by atoms with E-state index < -0.39 is 5.92 Å². The summed E-state index contributed by atoms with van der Waals surface area (Å²) in [5, 5.41) is 19.1. The van der Waals surface area contributed by atoms with Crippen LogP contribution in [-0.2, 0) is 11.4 Å². The zero-order valence-corrected chi connectivity index (χ0v) is 19.7. The van der Waals surface area contributed by atoms with Crippen molar-refractivity contribution in [3.05, 3.63) is 85.4 Å². The number of carbonyl (C=O) groups excluding carboxylic acids is 1. The van der Waals surface area contributed by atoms with Crippen molar-refractivity contribution in [3.63, 3.8) is 0 Å². The van der Waals surface area contributed by atoms with Crippen LogP contribution in [0.2, 0.25) is 0 Å². The predicted molar refractivity (Wildman–Crippen MR) is 128 cm³/mol. The van der Waals surface area contributed by atoms with Crippen molar-refractivity contribution in [1.82, 2.24) is 4.90 Å². The van der Waals surface area contributed by atoms with Crippen LogP contribution in [0.5, 0.6) is 5.75 Å². The summed E-state index contributed by atoms with van der Waals surface area (Å²) in [7, 11) is 1.82. The molecule has 0 unspecified atom stereocenters. The number of benzene rings is 2. The highest BCUT2D eigenvalue weighted by atomic mass is 127. The third-order valence-electron chi connectivity index (χ3n) is 5.98. The van der Waals surface area contributed by atoms with Crippen molar-refractivity contribution in [3.8, 4) is 17.9 Å². The van der Waals surface area contributed by atoms with Crippen LogP contribution in [0.3, 0.4) is 0 Å². The fraction of sp³-hybridized carbons (Fsp3) is 0.240. The number of rotatable bonds is 4. The molecule has 160 valence electrons. The number of halogens is 1. The number of nitrogens with zero attached hydrogens (tertiary/aromatic N) is 3. The molecule has 0 radical (unpaired) electrons. The lowest BCUT2D eigenvalue weighted by Gasteiger charge is -2.37. The second kappa shape index (κ2) is 9.05. The summed E-state index contributed by atoms with van der Waals surface area (Å²) in [4.78, 5) is 14.7. The van der Waals surface area contributed by atoms with Crippen molar-refractivity contribution in [2.24, 2.45) is 5.73 Å². The Morgan fingerprint density at radius 2 is 1.97 bits per heavy atom. The number of ether oxygens (including phenoxy) is 1. The molecule has 7 heteroatoms. The quantitative estimate of drug-likeness (QED) is 0.579. The van der Waals surface area contributed by atoms with E-state index in [0.717, 1.165) is 33.2 Å². The number of hydrogen-bond acceptors (Lipinski definition) is 6. The Morgan fingerprint density at radius 1 is 1.19 bits per heavy atom. The molecule has 4 rings (SSSR count). The standard InChI is InChI=1S/C25H21IN4O2/c1-30-20-7-4-8-21(31)24(20)23(18(13-28)25(30)29)15-9-10-22(19(26)11-15)32-14-17-6-3-2-5-16(17)12-27/h2-3,5-6,9-11,23H,4,7-8,14,29H2,1H3/t23-/m1/s1. The maximum Gasteiger partial charge on any atom is 0.161 e. The maximum atomic E-state index is 12.9. The molecule has 1 heterocycles. The van der Waals surface area contributed by atoms with Gasteiger partial charge in [-0.15, -0.1) is 0 Å². The van der Waals surface area contributed by atoms with E-state index >= 15 is 0 Å². The van der Waals surface area contributed by atoms with Crippen molar-refractivity contribution < 1.29 is 9.53 Å². The van der Waals surface area contributed by atoms with Crippen LogP contribution < -0.4 is 10.5 Å². The molecule has 32 heavy (non-hydrogen) atoms. The predicted octanol–water partition coefficient (Wildman–Crippen LogP) is 4.47. The number of ketones is 1. The SMILES string of the molecule is CN1C(N)=C(C#N)[C@@H](c2ccc(OCc3ccccc3C#N)c(I)c2)C2=C1CCCC2=O. The average Bonchev–Trinajstić information content (AvgIpc) is 2.80. The van der Waals surface area contributed by atoms with Gasteiger partial charge >= 0.3 is 0 Å². The van der Waals surface area contributed by atoms with Gasteiger partial charge < -0.3 is 15.4 Å². The first-order valence-corrected chi connectivity index (χ1v) is 11.3. The van der Waals surface area contributed by atoms with Gasteiger partial charge in [-0.1, -0.05) is 24.3 Å². The number of allylic oxidation sites excluding steroid dienone is 3. The van der Waals surface area contributed by atoms with Gasteiger partial charge in [-0.25, -0.2) is 0 Å². The van der Waals surface area contributed by atoms with Gasteiger partial charge in [0.05, 0.1) is 32.8 Å². The van der Waals surface area contributed by atoms with Crippen molar-refractivity contribution in [2.45, 2.75) is 31.8 Å². The van der Waals surface area contributed by atoms with E-state index in [9.17, 15) is 15.3 Å². The Morgan fingerprint density at radius 3 is 2.69 bits per heavy atom. The van der Waals surface area contributed by atoms with E-state index in [1.54, 1.807) is 11.0 Å². The van der Waals surface area contributed by atoms with Gasteiger partial charge in [0.15, 0.2) is 5.78 Å². The molecule has 0 fully saturated rings. The molecule has 2 aromatic rings. The molecule has 1 atom stereocenters. The van der Waals surface area contributed by atoms with Crippen LogP contribution in [0.1, 0.15) is 41.9 Å². The van der Waals surface area contributed by atoms with E-state index in [4.69, 9.17) is 10.5 Å². The summed E-state index contributed by atoms with van der Waals surface area (Å²) in [6.45, 7) is 0.275. The molecule has 2 aliphatic rings. The van der Waals surface area contributed by atoms with Gasteiger partial charge in [-0.05, 0) is 59.2 Å². The minimum Gasteiger partial charge on any atom is -0.488 e. The number of carbonyl (C=O) groups is 1. The fourth-order valence-electron chi connectivity index (χ4n) is 4.32. The molecule has 1 aliphatic carbocycles. The Balaban J connectivity index is 1.68. The molecule has 0 saturated carbocycles. The Bertz CT molecular complexity index is 1250. The summed E-state index contributed by atoms with van der Waals surface area (Å²) in [5.74, 6) is 0.678. The highest BCUT2D eigenvalue weighted by Crippen LogP contribution is 2.44. The average molecular weight is 536 g/mol. The molecule has 2 aromatic carbocycles. The fourth-order valence-corrected chi connectivity index (χ4v) is 5.02. The van der Waals surface area contributed by atoms with E-state index in [-0.39, 0.29) is 12.4 Å². The summed E-state index contributed by atoms with van der Waals surface area (Å²) in [6, 6.07) is 17.4. The third kappa shape index (κ3) is 3.85. The van der Waals surface area contributed by atoms with Crippen molar-refractivity contribution >= 4 is 28.4 Å². The number of nitrogens with two attached hydrogens (primary N) is 1. The highest BCUT2D eigenvalue weighted by Gasteiger charge is 2.38. The third-order valence-corrected chi connectivity index (χ3v) is 6.82. The molecule has 6 nitrogen and oxygen atoms in total. The van der Waals surface area contributed by atoms with Gasteiger partial charge in [-0.3, -0.25) is 4.79 Å². The van der Waals surface area contributed by atoms with Crippen LogP contribution in [-0.4, -0.2) is 17.7 Å². The number of nitriles is 2. The molecule has 2 N–H and O–H groups in total. The van der Waals surface area contributed by atoms with Crippen LogP contribution >= 0.6 is 22.6 Å². The van der Waals surface area contributed by atoms with Crippen molar-refractivity contribution in [2.75, 3.05) is 7.05 Å². The zero-order valence-electron chi connectivity index (χ0n) is 17.6. The topological polar surface area (TPSA) is 103 Å². The molecule has 0 bridgehead atoms. The Hall–Kier alpha value is -3.30. The molecule has 0 spiro atoms. The summed E-state index contributed by atoms with van der Waals surface area (Å²) >= 11 is 2.19. The van der Waals surface area contributed by atoms with E-state index in [2.05, 4.69) is 34.7 Å². The smallest absolute Gasteiger partial charge is 0.161 e. The minimum atomic E-state index is -0.471. The van der Waals surface area contributed by atoms with Crippen LogP contribution in [0.15, 0.2) is 65.1 Å². The molecular formula is C25H21IN4O2. The second-order valence-electron chi connectivity index (χ2n) is 7.79. The molecule has 0 saturated heterocycles. The lowest BCUT2D eigenvalue weighted by Crippen LogP contribution is -2.36. The van der Waals surface area contributed by atoms with Crippen molar-refractivity contribution in [1.29, 1.82) is 10.5 Å². The lowest BCUT2D eigenvalue weighted by atomic mass is 9.76. The second-order valence-corrected chi connectivity index (χ2v) is 8.95. The van der Waals surface area contributed by atoms with E-state index in [1.165, 1.54) is 0 Å². The van der Waals surface area contributed by atoms with Crippen LogP contribution in [0.4, 0.5) is 0 Å². The first-order chi connectivity index (χ1) is 15.5. The highest BCUT2D eigenvalue weighted by molar-refractivity contribution is 14.1. The van der Waals surface area contributed by atoms with E-state index in [1.807, 2.05) is 43.4 Å². The van der Waals surface area contributed by atoms with E-state index in [0.29, 0.717) is 34.7 Å². The van der Waals surface area contributed by atoms with Gasteiger partial charge in [0, 0.05) is 30.3 Å². The minimum absolute atomic E-state index is 0.0757. The maximum absolute atomic E-state index is 12.9. The number of hydrogen-bond donors (Lipinski definition) is 1. The normalized spacial score (nSPS) is 18.2. The summed E-state index contributed by atoms with van der Waals surface area (Å²) in [6.07, 6.45) is 2.04. The molecule has 1 aliphatic heterocycles. The van der Waals surface area contributed by atoms with Gasteiger partial charge in [0.2, 0.25) is 0 Å². The first kappa shape index (κ1) is 21.9. The molecule has 0 aromatic heterocycles. The Labute approximate surface area is 200 Å². The molecular weight excluding hydrogens is 515 g/mol. The van der Waals surface area contributed by atoms with Crippen LogP contribution in [0, 0.1) is 26.2 Å². The lowest BCUT2D eigenvalue weighted by molar-refractivity contribution is -0.116. The van der Waals surface area contributed by atoms with Gasteiger partial charge in [0.1, 0.15) is 18.2 Å². The monoisotopic (exact) mass is 536 g/mol. The molecule has 0 amide bonds. The van der Waals surface area contributed by atoms with Gasteiger partial charge in [0.25, 0.3) is 0 Å². The summed E-state index contributed by atoms with van der Waals surface area (Å²) < 4.78 is 6.84. The van der Waals surface area contributed by atoms with Crippen LogP contribution in [0.25, 0.3) is 0 Å². The zero-order chi connectivity index (χ0) is 22.8. The summed E-state index contributed by atoms with van der Waals surface area (Å²) in [5.41, 5.74) is 10.5. The van der Waals surface area contributed by atoms with Gasteiger partial charge in [-0.2, -0.15) is 10.5 Å². The first-order valence-electron chi connectivity index (χ1n) is 10.3. The Kier molecular flexibility index (Phi) is 6.20. The largest absolute Gasteiger partial charge is 0.488 e.